The molecule has 0 aliphatic carbocycles. The van der Waals surface area contributed by atoms with Crippen LogP contribution in [0.1, 0.15) is 0 Å². The maximum atomic E-state index is 5.84. The van der Waals surface area contributed by atoms with Crippen LogP contribution >= 0.6 is 10.1 Å². The van der Waals surface area contributed by atoms with Crippen LogP contribution in [0.2, 0.25) is 0 Å². The third-order valence-corrected chi connectivity index (χ3v) is 3.16. The van der Waals surface area contributed by atoms with Crippen molar-refractivity contribution >= 4 is 14.6 Å². The van der Waals surface area contributed by atoms with Crippen LogP contribution < -0.4 is 14.7 Å². The van der Waals surface area contributed by atoms with Crippen molar-refractivity contribution in [1.29, 1.82) is 0 Å². The molecule has 0 radical (unpaired) electrons. The molecule has 1 rings (SSSR count). The topological polar surface area (TPSA) is 38.0 Å². The predicted molar refractivity (Wildman–Crippen MR) is 39.3 cm³/mol. The Bertz CT molecular complexity index is 192. The Labute approximate surface area is 68.7 Å². The van der Waals surface area contributed by atoms with Crippen LogP contribution in [0.3, 0.4) is 0 Å². The Hall–Kier alpha value is -0.0505. The molecule has 2 nitrogen and oxygen atoms in total. The van der Waals surface area contributed by atoms with Gasteiger partial charge in [0, 0.05) is 0 Å². The van der Waals surface area contributed by atoms with E-state index in [1.807, 2.05) is 30.3 Å². The minimum absolute atomic E-state index is 1.04. The Balaban J connectivity index is 2.75. The summed E-state index contributed by atoms with van der Waals surface area (Å²) in [5.74, 6) is 5.16. The first-order valence-corrected chi connectivity index (χ1v) is 5.31. The van der Waals surface area contributed by atoms with Gasteiger partial charge in [0.25, 0.3) is 0 Å². The maximum absolute atomic E-state index is 5.84. The first kappa shape index (κ1) is 8.05. The zero-order valence-corrected chi connectivity index (χ0v) is 7.06. The molecule has 3 N–H and O–H groups in total. The summed E-state index contributed by atoms with van der Waals surface area (Å²) in [6, 6.07) is 9.73. The number of nitrogens with one attached hydrogen (secondary N) is 1. The molecule has 1 aromatic carbocycles. The third kappa shape index (κ3) is 1.97. The first-order chi connectivity index (χ1) is 4.84. The molecule has 0 spiro atoms. The summed E-state index contributed by atoms with van der Waals surface area (Å²) in [4.78, 5) is 0. The Kier molecular flexibility index (Phi) is 3.19. The number of nitrogens with two attached hydrogens (primary N) is 1. The predicted octanol–water partition coefficient (Wildman–Crippen LogP) is 0.462. The number of hydrogen-bond donors (Lipinski definition) is 2. The van der Waals surface area contributed by atoms with Crippen molar-refractivity contribution in [1.82, 2.24) is 4.44 Å². The average Bonchev–Trinajstić information content (AvgIpc) is 2.05. The van der Waals surface area contributed by atoms with Gasteiger partial charge in [-0.2, -0.15) is 0 Å². The van der Waals surface area contributed by atoms with E-state index in [1.165, 1.54) is 0 Å². The molecule has 0 fully saturated rings. The normalized spacial score (nSPS) is 11.2. The molecule has 0 atom stereocenters. The van der Waals surface area contributed by atoms with Gasteiger partial charge in [-0.05, 0) is 0 Å². The third-order valence-electron chi connectivity index (χ3n) is 0.994. The standard InChI is InChI=1S/C6H5.ClH.Fe.H3N2/c1-2-4-6-5-3-1;;;1-2/h1-5H;1H;;1H,2H2/q;;+2;-1/p-1. The number of rotatable bonds is 2. The molecule has 1 aromatic rings. The van der Waals surface area contributed by atoms with E-state index in [1.54, 1.807) is 0 Å². The Morgan fingerprint density at radius 1 is 1.30 bits per heavy atom. The van der Waals surface area contributed by atoms with E-state index in [4.69, 9.17) is 15.9 Å². The molecule has 0 aromatic heterocycles. The van der Waals surface area contributed by atoms with E-state index in [-0.39, 0.29) is 0 Å². The Morgan fingerprint density at radius 2 is 1.90 bits per heavy atom. The van der Waals surface area contributed by atoms with E-state index in [2.05, 4.69) is 4.44 Å². The summed E-state index contributed by atoms with van der Waals surface area (Å²) in [5.41, 5.74) is 0. The van der Waals surface area contributed by atoms with E-state index < -0.39 is 13.2 Å². The van der Waals surface area contributed by atoms with Crippen molar-refractivity contribution in [3.05, 3.63) is 30.3 Å². The second-order valence-corrected chi connectivity index (χ2v) is 4.36. The van der Waals surface area contributed by atoms with Gasteiger partial charge in [0.15, 0.2) is 0 Å². The van der Waals surface area contributed by atoms with Gasteiger partial charge < -0.3 is 0 Å². The molecule has 10 heavy (non-hydrogen) atoms. The van der Waals surface area contributed by atoms with Gasteiger partial charge in [-0.25, -0.2) is 0 Å². The van der Waals surface area contributed by atoms with Gasteiger partial charge in [0.2, 0.25) is 0 Å². The zero-order chi connectivity index (χ0) is 7.40. The van der Waals surface area contributed by atoms with E-state index >= 15 is 0 Å². The minimum atomic E-state index is -1.04. The van der Waals surface area contributed by atoms with Crippen molar-refractivity contribution in [3.8, 4) is 0 Å². The van der Waals surface area contributed by atoms with Crippen molar-refractivity contribution in [3.63, 3.8) is 0 Å². The van der Waals surface area contributed by atoms with Gasteiger partial charge in [-0.3, -0.25) is 0 Å². The number of hydrogen-bond acceptors (Lipinski definition) is 2. The monoisotopic (exact) mass is 199 g/mol. The van der Waals surface area contributed by atoms with Crippen molar-refractivity contribution in [2.75, 3.05) is 0 Å². The quantitative estimate of drug-likeness (QED) is 0.413. The zero-order valence-electron chi connectivity index (χ0n) is 5.20. The summed E-state index contributed by atoms with van der Waals surface area (Å²) in [7, 11) is 5.84. The number of halogens is 1. The fourth-order valence-corrected chi connectivity index (χ4v) is 1.66. The summed E-state index contributed by atoms with van der Waals surface area (Å²) in [5, 5.41) is 0. The molecule has 0 aliphatic rings. The molecular formula is C6H8ClFeN2. The van der Waals surface area contributed by atoms with Crippen LogP contribution in [-0.4, -0.2) is 0 Å². The Morgan fingerprint density at radius 3 is 2.40 bits per heavy atom. The number of benzene rings is 1. The van der Waals surface area contributed by atoms with E-state index in [9.17, 15) is 0 Å². The number of hydrazine groups is 1. The van der Waals surface area contributed by atoms with Crippen molar-refractivity contribution in [2.45, 2.75) is 0 Å². The first-order valence-electron chi connectivity index (χ1n) is 2.69. The molecule has 4 heteroatoms. The van der Waals surface area contributed by atoms with Crippen molar-refractivity contribution in [2.24, 2.45) is 5.84 Å². The van der Waals surface area contributed by atoms with E-state index in [0.717, 1.165) is 4.46 Å². The van der Waals surface area contributed by atoms with Gasteiger partial charge in [-0.1, -0.05) is 0 Å². The van der Waals surface area contributed by atoms with Gasteiger partial charge in [-0.15, -0.1) is 0 Å². The molecule has 0 amide bonds. The molecule has 0 bridgehead atoms. The average molecular weight is 199 g/mol. The van der Waals surface area contributed by atoms with Crippen LogP contribution in [0.15, 0.2) is 30.3 Å². The fraction of sp³-hybridized carbons (Fsp3) is 0. The van der Waals surface area contributed by atoms with Crippen molar-refractivity contribution < 1.29 is 13.2 Å². The fourth-order valence-electron chi connectivity index (χ4n) is 0.572. The van der Waals surface area contributed by atoms with Crippen LogP contribution in [0.25, 0.3) is 0 Å². The summed E-state index contributed by atoms with van der Waals surface area (Å²) < 4.78 is 3.59. The summed E-state index contributed by atoms with van der Waals surface area (Å²) in [6.45, 7) is 0. The van der Waals surface area contributed by atoms with Gasteiger partial charge in [0.05, 0.1) is 0 Å². The molecular weight excluding hydrogens is 191 g/mol. The molecule has 57 valence electrons. The summed E-state index contributed by atoms with van der Waals surface area (Å²) >= 11 is -1.04. The van der Waals surface area contributed by atoms with Gasteiger partial charge >= 0.3 is 68.4 Å². The SMILES string of the molecule is N[NH][Fe]([Cl])[c]1ccccc1. The molecule has 0 unspecified atom stereocenters. The van der Waals surface area contributed by atoms with Crippen LogP contribution in [0.5, 0.6) is 0 Å². The molecule has 0 aliphatic heterocycles. The van der Waals surface area contributed by atoms with Crippen LogP contribution in [-0.2, 0) is 13.2 Å². The summed E-state index contributed by atoms with van der Waals surface area (Å²) in [6.07, 6.45) is 0. The van der Waals surface area contributed by atoms with Gasteiger partial charge in [0.1, 0.15) is 0 Å². The molecule has 0 heterocycles. The second-order valence-electron chi connectivity index (χ2n) is 1.61. The van der Waals surface area contributed by atoms with Crippen LogP contribution in [0.4, 0.5) is 0 Å². The van der Waals surface area contributed by atoms with Crippen LogP contribution in [0, 0.1) is 0 Å². The van der Waals surface area contributed by atoms with E-state index in [0.29, 0.717) is 0 Å². The second kappa shape index (κ2) is 3.96. The molecule has 0 saturated heterocycles. The molecule has 0 saturated carbocycles.